The average Bonchev–Trinajstić information content (AvgIpc) is 2.28. The molecular formula is C11H14BrNO3. The zero-order chi connectivity index (χ0) is 12.0. The van der Waals surface area contributed by atoms with Crippen LogP contribution in [0.2, 0.25) is 0 Å². The molecule has 1 aromatic rings. The van der Waals surface area contributed by atoms with Crippen LogP contribution in [0.1, 0.15) is 5.56 Å². The molecule has 0 heterocycles. The summed E-state index contributed by atoms with van der Waals surface area (Å²) in [4.78, 5) is 11.5. The standard InChI is InChI=1S/C11H14BrNO3/c1-15-11(16-2)10(14)13-7-8-4-3-5-9(12)6-8/h3-6,11H,7H2,1-2H3,(H,13,14). The van der Waals surface area contributed by atoms with Crippen molar-refractivity contribution in [3.8, 4) is 0 Å². The van der Waals surface area contributed by atoms with E-state index < -0.39 is 6.29 Å². The summed E-state index contributed by atoms with van der Waals surface area (Å²) < 4.78 is 10.6. The van der Waals surface area contributed by atoms with Gasteiger partial charge in [0.25, 0.3) is 5.91 Å². The van der Waals surface area contributed by atoms with Gasteiger partial charge in [0.05, 0.1) is 0 Å². The van der Waals surface area contributed by atoms with Crippen LogP contribution < -0.4 is 5.32 Å². The van der Waals surface area contributed by atoms with Gasteiger partial charge in [0, 0.05) is 25.2 Å². The Balaban J connectivity index is 2.48. The van der Waals surface area contributed by atoms with Gasteiger partial charge in [-0.05, 0) is 17.7 Å². The third-order valence-electron chi connectivity index (χ3n) is 2.00. The van der Waals surface area contributed by atoms with Crippen molar-refractivity contribution in [3.05, 3.63) is 34.3 Å². The van der Waals surface area contributed by atoms with Gasteiger partial charge < -0.3 is 14.8 Å². The van der Waals surface area contributed by atoms with Crippen molar-refractivity contribution in [1.82, 2.24) is 5.32 Å². The summed E-state index contributed by atoms with van der Waals surface area (Å²) in [7, 11) is 2.85. The molecule has 4 nitrogen and oxygen atoms in total. The lowest BCUT2D eigenvalue weighted by Crippen LogP contribution is -2.36. The number of carbonyl (C=O) groups excluding carboxylic acids is 1. The Morgan fingerprint density at radius 2 is 2.12 bits per heavy atom. The van der Waals surface area contributed by atoms with Crippen molar-refractivity contribution < 1.29 is 14.3 Å². The van der Waals surface area contributed by atoms with E-state index in [1.54, 1.807) is 0 Å². The highest BCUT2D eigenvalue weighted by atomic mass is 79.9. The summed E-state index contributed by atoms with van der Waals surface area (Å²) in [6.45, 7) is 0.446. The Morgan fingerprint density at radius 3 is 2.69 bits per heavy atom. The third kappa shape index (κ3) is 3.92. The lowest BCUT2D eigenvalue weighted by atomic mass is 10.2. The molecule has 1 aromatic carbocycles. The zero-order valence-corrected chi connectivity index (χ0v) is 10.8. The maximum Gasteiger partial charge on any atom is 0.277 e. The minimum Gasteiger partial charge on any atom is -0.348 e. The minimum absolute atomic E-state index is 0.287. The maximum absolute atomic E-state index is 11.5. The Morgan fingerprint density at radius 1 is 1.44 bits per heavy atom. The number of benzene rings is 1. The van der Waals surface area contributed by atoms with Crippen molar-refractivity contribution in [2.75, 3.05) is 14.2 Å². The molecule has 0 aliphatic rings. The van der Waals surface area contributed by atoms with Gasteiger partial charge in [-0.3, -0.25) is 4.79 Å². The number of carbonyl (C=O) groups is 1. The van der Waals surface area contributed by atoms with E-state index in [0.717, 1.165) is 10.0 Å². The average molecular weight is 288 g/mol. The summed E-state index contributed by atoms with van der Waals surface area (Å²) in [5, 5.41) is 2.72. The van der Waals surface area contributed by atoms with Crippen LogP contribution in [-0.2, 0) is 20.8 Å². The van der Waals surface area contributed by atoms with E-state index >= 15 is 0 Å². The van der Waals surface area contributed by atoms with Gasteiger partial charge in [0.2, 0.25) is 6.29 Å². The predicted octanol–water partition coefficient (Wildman–Crippen LogP) is 1.68. The number of nitrogens with one attached hydrogen (secondary N) is 1. The molecular weight excluding hydrogens is 274 g/mol. The van der Waals surface area contributed by atoms with Crippen molar-refractivity contribution in [2.24, 2.45) is 0 Å². The lowest BCUT2D eigenvalue weighted by Gasteiger charge is -2.13. The largest absolute Gasteiger partial charge is 0.348 e. The first kappa shape index (κ1) is 13.2. The summed E-state index contributed by atoms with van der Waals surface area (Å²) in [6, 6.07) is 7.71. The van der Waals surface area contributed by atoms with Crippen molar-refractivity contribution in [1.29, 1.82) is 0 Å². The van der Waals surface area contributed by atoms with E-state index in [4.69, 9.17) is 9.47 Å². The number of amides is 1. The van der Waals surface area contributed by atoms with Gasteiger partial charge in [-0.1, -0.05) is 28.1 Å². The second kappa shape index (κ2) is 6.62. The fraction of sp³-hybridized carbons (Fsp3) is 0.364. The van der Waals surface area contributed by atoms with Gasteiger partial charge in [0.1, 0.15) is 0 Å². The molecule has 1 N–H and O–H groups in total. The Bertz CT molecular complexity index is 353. The second-order valence-electron chi connectivity index (χ2n) is 3.15. The van der Waals surface area contributed by atoms with Gasteiger partial charge >= 0.3 is 0 Å². The molecule has 0 spiro atoms. The fourth-order valence-electron chi connectivity index (χ4n) is 1.23. The molecule has 0 bridgehead atoms. The van der Waals surface area contributed by atoms with Crippen LogP contribution in [0.15, 0.2) is 28.7 Å². The first-order valence-electron chi connectivity index (χ1n) is 4.75. The number of halogens is 1. The fourth-order valence-corrected chi connectivity index (χ4v) is 1.68. The van der Waals surface area contributed by atoms with Crippen LogP contribution in [0, 0.1) is 0 Å². The van der Waals surface area contributed by atoms with Crippen molar-refractivity contribution >= 4 is 21.8 Å². The zero-order valence-electron chi connectivity index (χ0n) is 9.20. The molecule has 88 valence electrons. The van der Waals surface area contributed by atoms with Crippen molar-refractivity contribution in [2.45, 2.75) is 12.8 Å². The van der Waals surface area contributed by atoms with Crippen molar-refractivity contribution in [3.63, 3.8) is 0 Å². The van der Waals surface area contributed by atoms with Crippen LogP contribution >= 0.6 is 15.9 Å². The molecule has 0 saturated heterocycles. The summed E-state index contributed by atoms with van der Waals surface area (Å²) >= 11 is 3.36. The van der Waals surface area contributed by atoms with Crippen LogP contribution in [0.4, 0.5) is 0 Å². The topological polar surface area (TPSA) is 47.6 Å². The predicted molar refractivity (Wildman–Crippen MR) is 63.8 cm³/mol. The maximum atomic E-state index is 11.5. The number of ether oxygens (including phenoxy) is 2. The highest BCUT2D eigenvalue weighted by molar-refractivity contribution is 9.10. The summed E-state index contributed by atoms with van der Waals surface area (Å²) in [5.41, 5.74) is 1.01. The smallest absolute Gasteiger partial charge is 0.277 e. The number of methoxy groups -OCH3 is 2. The molecule has 0 aromatic heterocycles. The van der Waals surface area contributed by atoms with E-state index in [0.29, 0.717) is 6.54 Å². The molecule has 0 aliphatic heterocycles. The van der Waals surface area contributed by atoms with Gasteiger partial charge in [-0.25, -0.2) is 0 Å². The van der Waals surface area contributed by atoms with E-state index in [-0.39, 0.29) is 5.91 Å². The highest BCUT2D eigenvalue weighted by Crippen LogP contribution is 2.11. The van der Waals surface area contributed by atoms with Crippen LogP contribution in [0.25, 0.3) is 0 Å². The van der Waals surface area contributed by atoms with E-state index in [1.807, 2.05) is 24.3 Å². The molecule has 0 fully saturated rings. The highest BCUT2D eigenvalue weighted by Gasteiger charge is 2.15. The van der Waals surface area contributed by atoms with Crippen LogP contribution in [-0.4, -0.2) is 26.4 Å². The molecule has 0 saturated carbocycles. The number of hydrogen-bond acceptors (Lipinski definition) is 3. The van der Waals surface area contributed by atoms with E-state index in [1.165, 1.54) is 14.2 Å². The van der Waals surface area contributed by atoms with Gasteiger partial charge in [-0.15, -0.1) is 0 Å². The Labute approximate surface area is 103 Å². The first-order chi connectivity index (χ1) is 7.67. The lowest BCUT2D eigenvalue weighted by molar-refractivity contribution is -0.159. The minimum atomic E-state index is -0.854. The van der Waals surface area contributed by atoms with Crippen LogP contribution in [0.5, 0.6) is 0 Å². The molecule has 0 atom stereocenters. The molecule has 16 heavy (non-hydrogen) atoms. The molecule has 0 aliphatic carbocycles. The number of hydrogen-bond donors (Lipinski definition) is 1. The molecule has 0 unspecified atom stereocenters. The Kier molecular flexibility index (Phi) is 5.45. The normalized spacial score (nSPS) is 10.5. The molecule has 1 amide bonds. The quantitative estimate of drug-likeness (QED) is 0.839. The van der Waals surface area contributed by atoms with Gasteiger partial charge in [0.15, 0.2) is 0 Å². The first-order valence-corrected chi connectivity index (χ1v) is 5.54. The summed E-state index contributed by atoms with van der Waals surface area (Å²) in [5.74, 6) is -0.287. The SMILES string of the molecule is COC(OC)C(=O)NCc1cccc(Br)c1. The number of rotatable bonds is 5. The Hall–Kier alpha value is -0.910. The van der Waals surface area contributed by atoms with Crippen LogP contribution in [0.3, 0.4) is 0 Å². The van der Waals surface area contributed by atoms with E-state index in [2.05, 4.69) is 21.2 Å². The van der Waals surface area contributed by atoms with Gasteiger partial charge in [-0.2, -0.15) is 0 Å². The molecule has 1 rings (SSSR count). The molecule has 5 heteroatoms. The van der Waals surface area contributed by atoms with E-state index in [9.17, 15) is 4.79 Å². The summed E-state index contributed by atoms with van der Waals surface area (Å²) in [6.07, 6.45) is -0.854. The molecule has 0 radical (unpaired) electrons. The third-order valence-corrected chi connectivity index (χ3v) is 2.49. The second-order valence-corrected chi connectivity index (χ2v) is 4.07. The monoisotopic (exact) mass is 287 g/mol.